The highest BCUT2D eigenvalue weighted by Crippen LogP contribution is 2.38. The summed E-state index contributed by atoms with van der Waals surface area (Å²) in [6, 6.07) is 16.3. The molecule has 1 heterocycles. The highest BCUT2D eigenvalue weighted by atomic mass is 16.5. The van der Waals surface area contributed by atoms with E-state index in [1.807, 2.05) is 37.3 Å². The Morgan fingerprint density at radius 1 is 1.15 bits per heavy atom. The van der Waals surface area contributed by atoms with E-state index in [-0.39, 0.29) is 12.0 Å². The largest absolute Gasteiger partial charge is 0.489 e. The first-order valence-electron chi connectivity index (χ1n) is 6.80. The van der Waals surface area contributed by atoms with Gasteiger partial charge in [-0.15, -0.1) is 0 Å². The van der Waals surface area contributed by atoms with Crippen molar-refractivity contribution in [3.05, 3.63) is 65.2 Å². The molecular formula is C17H17NO2. The van der Waals surface area contributed by atoms with Crippen LogP contribution < -0.4 is 10.1 Å². The van der Waals surface area contributed by atoms with Gasteiger partial charge in [0, 0.05) is 17.5 Å². The smallest absolute Gasteiger partial charge is 0.207 e. The van der Waals surface area contributed by atoms with Crippen LogP contribution in [0.25, 0.3) is 0 Å². The van der Waals surface area contributed by atoms with Crippen LogP contribution in [0.1, 0.15) is 29.5 Å². The molecule has 1 N–H and O–H groups in total. The number of ether oxygens (including phenoxy) is 1. The van der Waals surface area contributed by atoms with Gasteiger partial charge in [-0.3, -0.25) is 4.79 Å². The molecule has 3 heteroatoms. The highest BCUT2D eigenvalue weighted by Gasteiger charge is 2.28. The maximum Gasteiger partial charge on any atom is 0.207 e. The van der Waals surface area contributed by atoms with Crippen molar-refractivity contribution in [2.75, 3.05) is 0 Å². The molecule has 3 rings (SSSR count). The lowest BCUT2D eigenvalue weighted by atomic mass is 9.83. The number of carbonyl (C=O) groups is 1. The number of carbonyl (C=O) groups excluding carboxylic acids is 1. The molecule has 102 valence electrons. The van der Waals surface area contributed by atoms with Crippen LogP contribution in [0.3, 0.4) is 0 Å². The zero-order chi connectivity index (χ0) is 13.9. The fraction of sp³-hybridized carbons (Fsp3) is 0.235. The van der Waals surface area contributed by atoms with Crippen LogP contribution in [0, 0.1) is 0 Å². The van der Waals surface area contributed by atoms with E-state index in [9.17, 15) is 4.79 Å². The van der Waals surface area contributed by atoms with E-state index in [4.69, 9.17) is 4.74 Å². The fourth-order valence-corrected chi connectivity index (χ4v) is 2.90. The molecule has 1 aliphatic heterocycles. The van der Waals surface area contributed by atoms with E-state index in [2.05, 4.69) is 23.5 Å². The maximum absolute atomic E-state index is 10.8. The first-order chi connectivity index (χ1) is 9.81. The van der Waals surface area contributed by atoms with Crippen molar-refractivity contribution in [3.63, 3.8) is 0 Å². The Hall–Kier alpha value is -2.29. The molecule has 0 saturated heterocycles. The van der Waals surface area contributed by atoms with Crippen molar-refractivity contribution in [3.8, 4) is 5.75 Å². The Labute approximate surface area is 118 Å². The lowest BCUT2D eigenvalue weighted by Gasteiger charge is -2.25. The fourth-order valence-electron chi connectivity index (χ4n) is 2.90. The predicted octanol–water partition coefficient (Wildman–Crippen LogP) is 2.85. The summed E-state index contributed by atoms with van der Waals surface area (Å²) in [4.78, 5) is 10.8. The predicted molar refractivity (Wildman–Crippen MR) is 77.7 cm³/mol. The van der Waals surface area contributed by atoms with E-state index < -0.39 is 0 Å². The summed E-state index contributed by atoms with van der Waals surface area (Å²) in [5.74, 6) is 1.00. The third-order valence-corrected chi connectivity index (χ3v) is 3.86. The van der Waals surface area contributed by atoms with Gasteiger partial charge in [0.1, 0.15) is 12.4 Å². The quantitative estimate of drug-likeness (QED) is 0.868. The SMILES string of the molecule is CC(NC=O)C1c2ccccc2COc2ccccc21. The molecule has 1 amide bonds. The Morgan fingerprint density at radius 3 is 2.65 bits per heavy atom. The molecule has 2 aromatic rings. The van der Waals surface area contributed by atoms with Gasteiger partial charge in [0.15, 0.2) is 0 Å². The van der Waals surface area contributed by atoms with Gasteiger partial charge in [0.2, 0.25) is 6.41 Å². The Morgan fingerprint density at radius 2 is 1.85 bits per heavy atom. The molecule has 3 nitrogen and oxygen atoms in total. The van der Waals surface area contributed by atoms with Crippen molar-refractivity contribution < 1.29 is 9.53 Å². The zero-order valence-corrected chi connectivity index (χ0v) is 11.4. The van der Waals surface area contributed by atoms with Gasteiger partial charge in [-0.1, -0.05) is 42.5 Å². The summed E-state index contributed by atoms with van der Waals surface area (Å²) in [5, 5.41) is 2.89. The van der Waals surface area contributed by atoms with E-state index in [1.54, 1.807) is 0 Å². The molecule has 2 unspecified atom stereocenters. The van der Waals surface area contributed by atoms with Crippen LogP contribution in [0.4, 0.5) is 0 Å². The van der Waals surface area contributed by atoms with Gasteiger partial charge in [-0.05, 0) is 24.1 Å². The highest BCUT2D eigenvalue weighted by molar-refractivity contribution is 5.51. The van der Waals surface area contributed by atoms with Crippen molar-refractivity contribution in [2.24, 2.45) is 0 Å². The molecule has 0 saturated carbocycles. The lowest BCUT2D eigenvalue weighted by Crippen LogP contribution is -2.32. The Balaban J connectivity index is 2.16. The number of hydrogen-bond donors (Lipinski definition) is 1. The summed E-state index contributed by atoms with van der Waals surface area (Å²) in [5.41, 5.74) is 3.52. The van der Waals surface area contributed by atoms with Gasteiger partial charge in [-0.2, -0.15) is 0 Å². The first kappa shape index (κ1) is 12.7. The van der Waals surface area contributed by atoms with Gasteiger partial charge < -0.3 is 10.1 Å². The average Bonchev–Trinajstić information content (AvgIpc) is 2.64. The summed E-state index contributed by atoms with van der Waals surface area (Å²) >= 11 is 0. The minimum absolute atomic E-state index is 0.0106. The normalized spacial score (nSPS) is 17.9. The topological polar surface area (TPSA) is 38.3 Å². The molecule has 0 aromatic heterocycles. The maximum atomic E-state index is 10.8. The summed E-state index contributed by atoms with van der Waals surface area (Å²) in [7, 11) is 0. The van der Waals surface area contributed by atoms with E-state index in [1.165, 1.54) is 11.1 Å². The molecular weight excluding hydrogens is 250 g/mol. The van der Waals surface area contributed by atoms with Crippen LogP contribution in [0.2, 0.25) is 0 Å². The van der Waals surface area contributed by atoms with Crippen LogP contribution >= 0.6 is 0 Å². The van der Waals surface area contributed by atoms with Crippen LogP contribution in [-0.2, 0) is 11.4 Å². The van der Waals surface area contributed by atoms with E-state index in [0.29, 0.717) is 6.61 Å². The molecule has 0 bridgehead atoms. The minimum atomic E-state index is 0.0106. The second-order valence-corrected chi connectivity index (χ2v) is 5.08. The number of nitrogens with one attached hydrogen (secondary N) is 1. The average molecular weight is 267 g/mol. The van der Waals surface area contributed by atoms with Gasteiger partial charge in [-0.25, -0.2) is 0 Å². The number of rotatable bonds is 3. The third kappa shape index (κ3) is 2.16. The summed E-state index contributed by atoms with van der Waals surface area (Å²) in [6.45, 7) is 2.59. The molecule has 20 heavy (non-hydrogen) atoms. The molecule has 0 radical (unpaired) electrons. The van der Waals surface area contributed by atoms with Crippen LogP contribution in [-0.4, -0.2) is 12.5 Å². The second-order valence-electron chi connectivity index (χ2n) is 5.08. The lowest BCUT2D eigenvalue weighted by molar-refractivity contribution is -0.110. The molecule has 0 fully saturated rings. The molecule has 1 aliphatic rings. The van der Waals surface area contributed by atoms with Crippen molar-refractivity contribution in [2.45, 2.75) is 25.5 Å². The van der Waals surface area contributed by atoms with Gasteiger partial charge in [0.25, 0.3) is 0 Å². The van der Waals surface area contributed by atoms with E-state index >= 15 is 0 Å². The molecule has 2 aromatic carbocycles. The Kier molecular flexibility index (Phi) is 3.42. The number of para-hydroxylation sites is 1. The van der Waals surface area contributed by atoms with Crippen LogP contribution in [0.5, 0.6) is 5.75 Å². The second kappa shape index (κ2) is 5.37. The number of fused-ring (bicyclic) bond motifs is 2. The van der Waals surface area contributed by atoms with Crippen molar-refractivity contribution in [1.82, 2.24) is 5.32 Å². The van der Waals surface area contributed by atoms with E-state index in [0.717, 1.165) is 17.7 Å². The minimum Gasteiger partial charge on any atom is -0.489 e. The standard InChI is InChI=1S/C17H17NO2/c1-12(18-11-19)17-14-7-3-2-6-13(14)10-20-16-9-5-4-8-15(16)17/h2-9,11-12,17H,10H2,1H3,(H,18,19). The Bertz CT molecular complexity index is 576. The third-order valence-electron chi connectivity index (χ3n) is 3.86. The molecule has 2 atom stereocenters. The first-order valence-corrected chi connectivity index (χ1v) is 6.80. The summed E-state index contributed by atoms with van der Waals surface area (Å²) < 4.78 is 5.92. The van der Waals surface area contributed by atoms with Crippen molar-refractivity contribution >= 4 is 6.41 Å². The number of amides is 1. The monoisotopic (exact) mass is 267 g/mol. The molecule has 0 spiro atoms. The van der Waals surface area contributed by atoms with Gasteiger partial charge >= 0.3 is 0 Å². The molecule has 0 aliphatic carbocycles. The zero-order valence-electron chi connectivity index (χ0n) is 11.4. The van der Waals surface area contributed by atoms with Crippen LogP contribution in [0.15, 0.2) is 48.5 Å². The number of hydrogen-bond acceptors (Lipinski definition) is 2. The van der Waals surface area contributed by atoms with Gasteiger partial charge in [0.05, 0.1) is 0 Å². The summed E-state index contributed by atoms with van der Waals surface area (Å²) in [6.07, 6.45) is 0.766. The van der Waals surface area contributed by atoms with Crippen molar-refractivity contribution in [1.29, 1.82) is 0 Å². The number of benzene rings is 2.